The second-order valence-electron chi connectivity index (χ2n) is 6.78. The van der Waals surface area contributed by atoms with E-state index < -0.39 is 0 Å². The van der Waals surface area contributed by atoms with Gasteiger partial charge in [0.1, 0.15) is 5.82 Å². The van der Waals surface area contributed by atoms with Gasteiger partial charge in [0.2, 0.25) is 0 Å². The van der Waals surface area contributed by atoms with E-state index in [2.05, 4.69) is 43.2 Å². The molecule has 4 nitrogen and oxygen atoms in total. The average molecular weight is 326 g/mol. The van der Waals surface area contributed by atoms with Gasteiger partial charge in [-0.1, -0.05) is 25.8 Å². The second-order valence-corrected chi connectivity index (χ2v) is 7.26. The highest BCUT2D eigenvalue weighted by atomic mass is 32.1. The molecule has 4 rings (SSSR count). The summed E-state index contributed by atoms with van der Waals surface area (Å²) in [5.41, 5.74) is 5.22. The zero-order valence-corrected chi connectivity index (χ0v) is 14.5. The minimum absolute atomic E-state index is 0.297. The van der Waals surface area contributed by atoms with Gasteiger partial charge >= 0.3 is 0 Å². The first-order valence-corrected chi connectivity index (χ1v) is 8.68. The van der Waals surface area contributed by atoms with Gasteiger partial charge in [0, 0.05) is 37.5 Å². The van der Waals surface area contributed by atoms with Crippen LogP contribution < -0.4 is 4.31 Å². The fraction of sp³-hybridized carbons (Fsp3) is 0.444. The van der Waals surface area contributed by atoms with Crippen molar-refractivity contribution >= 4 is 24.2 Å². The lowest BCUT2D eigenvalue weighted by Gasteiger charge is -2.18. The van der Waals surface area contributed by atoms with Crippen molar-refractivity contribution in [3.05, 3.63) is 47.4 Å². The van der Waals surface area contributed by atoms with Crippen LogP contribution in [0.2, 0.25) is 0 Å². The molecule has 2 aromatic rings. The average Bonchev–Trinajstić information content (AvgIpc) is 3.11. The lowest BCUT2D eigenvalue weighted by molar-refractivity contribution is 0.592. The normalized spacial score (nSPS) is 23.8. The number of pyridine rings is 1. The van der Waals surface area contributed by atoms with Gasteiger partial charge in [0.15, 0.2) is 0 Å². The molecule has 1 aliphatic carbocycles. The molecule has 0 bridgehead atoms. The monoisotopic (exact) mass is 326 g/mol. The number of allylic oxidation sites excluding steroid dienone is 2. The van der Waals surface area contributed by atoms with Crippen molar-refractivity contribution in [2.45, 2.75) is 32.1 Å². The van der Waals surface area contributed by atoms with Crippen molar-refractivity contribution in [1.82, 2.24) is 14.8 Å². The Hall–Kier alpha value is -1.75. The number of hydrogen-bond acceptors (Lipinski definition) is 4. The fourth-order valence-corrected chi connectivity index (χ4v) is 4.08. The van der Waals surface area contributed by atoms with E-state index in [0.717, 1.165) is 18.8 Å². The highest BCUT2D eigenvalue weighted by Crippen LogP contribution is 2.41. The standard InChI is InChI=1S/C18H22N4S/c1-12-4-3-5-13(6-12)14-7-16-17(15-9-20-21(2)10-15)11-22(23)18(16)19-8-14/h6-10,12,17,23H,3-5,11H2,1-2H3. The summed E-state index contributed by atoms with van der Waals surface area (Å²) in [5, 5.41) is 4.32. The molecule has 5 heteroatoms. The molecule has 3 heterocycles. The van der Waals surface area contributed by atoms with Crippen LogP contribution in [0, 0.1) is 5.92 Å². The summed E-state index contributed by atoms with van der Waals surface area (Å²) < 4.78 is 3.81. The summed E-state index contributed by atoms with van der Waals surface area (Å²) >= 11 is 4.59. The van der Waals surface area contributed by atoms with Crippen LogP contribution in [0.1, 0.15) is 48.8 Å². The van der Waals surface area contributed by atoms with E-state index in [1.807, 2.05) is 28.4 Å². The van der Waals surface area contributed by atoms with Crippen molar-refractivity contribution in [3.63, 3.8) is 0 Å². The molecular formula is C18H22N4S. The smallest absolute Gasteiger partial charge is 0.142 e. The molecule has 0 amide bonds. The topological polar surface area (TPSA) is 34.0 Å². The quantitative estimate of drug-likeness (QED) is 0.852. The Labute approximate surface area is 142 Å². The van der Waals surface area contributed by atoms with Gasteiger partial charge in [-0.05, 0) is 47.9 Å². The van der Waals surface area contributed by atoms with Crippen molar-refractivity contribution in [2.75, 3.05) is 10.8 Å². The number of nitrogens with zero attached hydrogens (tertiary/aromatic N) is 4. The van der Waals surface area contributed by atoms with Crippen LogP contribution in [0.25, 0.3) is 5.57 Å². The molecule has 120 valence electrons. The minimum atomic E-state index is 0.297. The maximum Gasteiger partial charge on any atom is 0.142 e. The van der Waals surface area contributed by atoms with Crippen LogP contribution in [0.4, 0.5) is 5.82 Å². The minimum Gasteiger partial charge on any atom is -0.302 e. The van der Waals surface area contributed by atoms with E-state index in [4.69, 9.17) is 4.98 Å². The number of anilines is 1. The predicted octanol–water partition coefficient (Wildman–Crippen LogP) is 3.82. The molecule has 0 spiro atoms. The zero-order chi connectivity index (χ0) is 16.0. The van der Waals surface area contributed by atoms with Gasteiger partial charge in [0.25, 0.3) is 0 Å². The molecular weight excluding hydrogens is 304 g/mol. The molecule has 0 aromatic carbocycles. The Balaban J connectivity index is 1.75. The highest BCUT2D eigenvalue weighted by Gasteiger charge is 2.31. The van der Waals surface area contributed by atoms with Crippen molar-refractivity contribution < 1.29 is 0 Å². The van der Waals surface area contributed by atoms with E-state index in [0.29, 0.717) is 11.8 Å². The van der Waals surface area contributed by atoms with Gasteiger partial charge in [-0.25, -0.2) is 4.98 Å². The molecule has 23 heavy (non-hydrogen) atoms. The van der Waals surface area contributed by atoms with Gasteiger partial charge in [-0.3, -0.25) is 4.68 Å². The summed E-state index contributed by atoms with van der Waals surface area (Å²) in [6.45, 7) is 3.14. The van der Waals surface area contributed by atoms with Crippen LogP contribution in [-0.2, 0) is 7.05 Å². The second kappa shape index (κ2) is 5.71. The number of aromatic nitrogens is 3. The first-order valence-electron chi connectivity index (χ1n) is 8.28. The van der Waals surface area contributed by atoms with E-state index >= 15 is 0 Å². The lowest BCUT2D eigenvalue weighted by atomic mass is 9.87. The number of hydrogen-bond donors (Lipinski definition) is 1. The van der Waals surface area contributed by atoms with E-state index in [1.54, 1.807) is 0 Å². The zero-order valence-electron chi connectivity index (χ0n) is 13.6. The molecule has 0 fully saturated rings. The van der Waals surface area contributed by atoms with Crippen LogP contribution >= 0.6 is 12.8 Å². The Morgan fingerprint density at radius 3 is 2.91 bits per heavy atom. The third-order valence-corrected chi connectivity index (χ3v) is 5.31. The van der Waals surface area contributed by atoms with Gasteiger partial charge in [0.05, 0.1) is 6.20 Å². The number of fused-ring (bicyclic) bond motifs is 1. The Morgan fingerprint density at radius 1 is 1.30 bits per heavy atom. The number of thiol groups is 1. The highest BCUT2D eigenvalue weighted by molar-refractivity contribution is 7.81. The fourth-order valence-electron chi connectivity index (χ4n) is 3.75. The number of rotatable bonds is 2. The summed E-state index contributed by atoms with van der Waals surface area (Å²) in [7, 11) is 1.96. The predicted molar refractivity (Wildman–Crippen MR) is 96.6 cm³/mol. The Morgan fingerprint density at radius 2 is 2.17 bits per heavy atom. The largest absolute Gasteiger partial charge is 0.302 e. The molecule has 1 aliphatic heterocycles. The van der Waals surface area contributed by atoms with E-state index in [1.165, 1.54) is 35.1 Å². The third kappa shape index (κ3) is 2.67. The van der Waals surface area contributed by atoms with Crippen LogP contribution in [0.15, 0.2) is 30.7 Å². The van der Waals surface area contributed by atoms with Gasteiger partial charge < -0.3 is 4.31 Å². The molecule has 0 saturated carbocycles. The van der Waals surface area contributed by atoms with E-state index in [-0.39, 0.29) is 0 Å². The third-order valence-electron chi connectivity index (χ3n) is 4.96. The molecule has 2 aliphatic rings. The Kier molecular flexibility index (Phi) is 3.68. The molecule has 2 aromatic heterocycles. The maximum atomic E-state index is 4.70. The molecule has 2 unspecified atom stereocenters. The summed E-state index contributed by atoms with van der Waals surface area (Å²) in [6, 6.07) is 2.32. The SMILES string of the molecule is CC1C=C(c2cnc3c(c2)C(c2cnn(C)c2)CN3S)CCC1. The molecule has 0 N–H and O–H groups in total. The number of aryl methyl sites for hydroxylation is 1. The van der Waals surface area contributed by atoms with Crippen molar-refractivity contribution in [3.8, 4) is 0 Å². The van der Waals surface area contributed by atoms with E-state index in [9.17, 15) is 0 Å². The van der Waals surface area contributed by atoms with Crippen LogP contribution in [-0.4, -0.2) is 21.3 Å². The van der Waals surface area contributed by atoms with Crippen molar-refractivity contribution in [2.24, 2.45) is 13.0 Å². The molecule has 0 saturated heterocycles. The summed E-state index contributed by atoms with van der Waals surface area (Å²) in [4.78, 5) is 4.70. The van der Waals surface area contributed by atoms with Gasteiger partial charge in [-0.2, -0.15) is 5.10 Å². The van der Waals surface area contributed by atoms with Gasteiger partial charge in [-0.15, -0.1) is 0 Å². The lowest BCUT2D eigenvalue weighted by Crippen LogP contribution is -2.10. The summed E-state index contributed by atoms with van der Waals surface area (Å²) in [6.07, 6.45) is 12.2. The first-order chi connectivity index (χ1) is 11.1. The molecule has 2 atom stereocenters. The summed E-state index contributed by atoms with van der Waals surface area (Å²) in [5.74, 6) is 1.95. The van der Waals surface area contributed by atoms with Crippen LogP contribution in [0.3, 0.4) is 0 Å². The Bertz CT molecular complexity index is 764. The first kappa shape index (κ1) is 14.8. The molecule has 0 radical (unpaired) electrons. The maximum absolute atomic E-state index is 4.70. The van der Waals surface area contributed by atoms with Crippen molar-refractivity contribution in [1.29, 1.82) is 0 Å². The van der Waals surface area contributed by atoms with Crippen LogP contribution in [0.5, 0.6) is 0 Å².